The van der Waals surface area contributed by atoms with Gasteiger partial charge in [-0.25, -0.2) is 0 Å². The van der Waals surface area contributed by atoms with Gasteiger partial charge in [-0.3, -0.25) is 9.69 Å². The Morgan fingerprint density at radius 2 is 1.55 bits per heavy atom. The molecule has 0 saturated carbocycles. The van der Waals surface area contributed by atoms with E-state index in [0.717, 1.165) is 4.90 Å². The first-order valence-corrected chi connectivity index (χ1v) is 6.53. The largest absolute Gasteiger partial charge is 0.354 e. The fraction of sp³-hybridized carbons (Fsp3) is 0.0714. The normalized spacial score (nSPS) is 16.4. The van der Waals surface area contributed by atoms with Gasteiger partial charge in [-0.15, -0.1) is 0 Å². The lowest BCUT2D eigenvalue weighted by atomic mass is 10.1. The Kier molecular flexibility index (Phi) is 2.99. The Morgan fingerprint density at radius 3 is 2.20 bits per heavy atom. The number of amides is 1. The van der Waals surface area contributed by atoms with Crippen molar-refractivity contribution in [3.63, 3.8) is 0 Å². The van der Waals surface area contributed by atoms with Crippen molar-refractivity contribution >= 4 is 40.5 Å². The monoisotopic (exact) mass is 309 g/mol. The van der Waals surface area contributed by atoms with Crippen molar-refractivity contribution in [2.75, 3.05) is 4.90 Å². The highest BCUT2D eigenvalue weighted by molar-refractivity contribution is 6.40. The second-order valence-corrected chi connectivity index (χ2v) is 5.21. The molecule has 2 N–H and O–H groups in total. The van der Waals surface area contributed by atoms with Gasteiger partial charge in [-0.05, 0) is 18.2 Å². The third kappa shape index (κ3) is 1.73. The summed E-state index contributed by atoms with van der Waals surface area (Å²) in [5.41, 5.74) is 0.678. The van der Waals surface area contributed by atoms with E-state index in [1.165, 1.54) is 6.07 Å². The van der Waals surface area contributed by atoms with Gasteiger partial charge in [0.2, 0.25) is 0 Å². The quantitative estimate of drug-likeness (QED) is 0.796. The first kappa shape index (κ1) is 13.4. The van der Waals surface area contributed by atoms with E-state index in [2.05, 4.69) is 0 Å². The molecule has 6 heteroatoms. The maximum absolute atomic E-state index is 12.3. The minimum absolute atomic E-state index is 0.0981. The fourth-order valence-electron chi connectivity index (χ4n) is 2.27. The third-order valence-corrected chi connectivity index (χ3v) is 3.79. The Hall–Kier alpha value is -1.59. The maximum Gasteiger partial charge on any atom is 0.296 e. The average Bonchev–Trinajstić information content (AvgIpc) is 2.60. The van der Waals surface area contributed by atoms with Crippen LogP contribution in [0.1, 0.15) is 5.56 Å². The van der Waals surface area contributed by atoms with Crippen LogP contribution >= 0.6 is 23.2 Å². The molecule has 2 aromatic carbocycles. The topological polar surface area (TPSA) is 60.8 Å². The summed E-state index contributed by atoms with van der Waals surface area (Å²) in [6.45, 7) is 0. The molecule has 0 bridgehead atoms. The van der Waals surface area contributed by atoms with Crippen LogP contribution < -0.4 is 4.90 Å². The molecular weight excluding hydrogens is 301 g/mol. The summed E-state index contributed by atoms with van der Waals surface area (Å²) in [6, 6.07) is 11.2. The lowest BCUT2D eigenvalue weighted by molar-refractivity contribution is -0.182. The van der Waals surface area contributed by atoms with Crippen LogP contribution in [0.2, 0.25) is 10.0 Å². The van der Waals surface area contributed by atoms with E-state index in [4.69, 9.17) is 23.2 Å². The molecule has 0 aliphatic carbocycles. The number of hydrogen-bond donors (Lipinski definition) is 2. The smallest absolute Gasteiger partial charge is 0.296 e. The number of para-hydroxylation sites is 2. The van der Waals surface area contributed by atoms with Crippen LogP contribution in [0, 0.1) is 0 Å². The summed E-state index contributed by atoms with van der Waals surface area (Å²) in [5, 5.41) is 20.5. The molecule has 0 radical (unpaired) electrons. The molecule has 4 nitrogen and oxygen atoms in total. The number of hydrogen-bond acceptors (Lipinski definition) is 3. The number of anilines is 2. The van der Waals surface area contributed by atoms with Crippen molar-refractivity contribution in [3.8, 4) is 0 Å². The van der Waals surface area contributed by atoms with Crippen LogP contribution in [-0.2, 0) is 10.6 Å². The zero-order chi connectivity index (χ0) is 14.5. The summed E-state index contributed by atoms with van der Waals surface area (Å²) >= 11 is 12.2. The van der Waals surface area contributed by atoms with E-state index < -0.39 is 11.7 Å². The van der Waals surface area contributed by atoms with E-state index in [1.54, 1.807) is 36.4 Å². The number of nitrogens with zero attached hydrogens (tertiary/aromatic N) is 1. The minimum Gasteiger partial charge on any atom is -0.354 e. The van der Waals surface area contributed by atoms with Gasteiger partial charge in [-0.1, -0.05) is 47.5 Å². The number of carbonyl (C=O) groups excluding carboxylic acids is 1. The predicted molar refractivity (Wildman–Crippen MR) is 76.2 cm³/mol. The van der Waals surface area contributed by atoms with E-state index in [1.807, 2.05) is 0 Å². The van der Waals surface area contributed by atoms with Crippen molar-refractivity contribution in [1.29, 1.82) is 0 Å². The minimum atomic E-state index is -2.58. The summed E-state index contributed by atoms with van der Waals surface area (Å²) < 4.78 is 0. The summed E-state index contributed by atoms with van der Waals surface area (Å²) in [5.74, 6) is -3.49. The molecule has 0 spiro atoms. The SMILES string of the molecule is O=C1N(c2c(Cl)cccc2Cl)c2ccccc2C1(O)O. The molecule has 1 aliphatic heterocycles. The van der Waals surface area contributed by atoms with Gasteiger partial charge < -0.3 is 10.2 Å². The molecule has 1 heterocycles. The maximum atomic E-state index is 12.3. The van der Waals surface area contributed by atoms with Crippen LogP contribution in [0.25, 0.3) is 0 Å². The van der Waals surface area contributed by atoms with E-state index in [0.29, 0.717) is 5.69 Å². The Bertz CT molecular complexity index is 695. The number of halogens is 2. The number of rotatable bonds is 1. The Labute approximate surface area is 124 Å². The molecule has 102 valence electrons. The van der Waals surface area contributed by atoms with Crippen LogP contribution in [-0.4, -0.2) is 16.1 Å². The lowest BCUT2D eigenvalue weighted by Gasteiger charge is -2.21. The highest BCUT2D eigenvalue weighted by atomic mass is 35.5. The van der Waals surface area contributed by atoms with Crippen molar-refractivity contribution in [2.24, 2.45) is 0 Å². The van der Waals surface area contributed by atoms with Crippen molar-refractivity contribution < 1.29 is 15.0 Å². The predicted octanol–water partition coefficient (Wildman–Crippen LogP) is 2.81. The molecular formula is C14H9Cl2NO3. The first-order chi connectivity index (χ1) is 9.44. The van der Waals surface area contributed by atoms with Gasteiger partial charge in [0.05, 0.1) is 21.4 Å². The lowest BCUT2D eigenvalue weighted by Crippen LogP contribution is -2.38. The Morgan fingerprint density at radius 1 is 0.950 bits per heavy atom. The van der Waals surface area contributed by atoms with E-state index in [9.17, 15) is 15.0 Å². The van der Waals surface area contributed by atoms with Crippen molar-refractivity contribution in [1.82, 2.24) is 0 Å². The molecule has 0 unspecified atom stereocenters. The average molecular weight is 310 g/mol. The standard InChI is InChI=1S/C14H9Cl2NO3/c15-9-5-3-6-10(16)12(9)17-11-7-2-1-4-8(11)14(19,20)13(17)18/h1-7,19-20H. The van der Waals surface area contributed by atoms with Gasteiger partial charge in [0.25, 0.3) is 11.7 Å². The molecule has 0 fully saturated rings. The van der Waals surface area contributed by atoms with Crippen molar-refractivity contribution in [3.05, 3.63) is 58.1 Å². The van der Waals surface area contributed by atoms with Gasteiger partial charge in [0.1, 0.15) is 0 Å². The zero-order valence-electron chi connectivity index (χ0n) is 10.0. The molecule has 20 heavy (non-hydrogen) atoms. The molecule has 0 saturated heterocycles. The highest BCUT2D eigenvalue weighted by Gasteiger charge is 2.50. The van der Waals surface area contributed by atoms with Gasteiger partial charge in [-0.2, -0.15) is 0 Å². The molecule has 2 aromatic rings. The molecule has 0 atom stereocenters. The van der Waals surface area contributed by atoms with E-state index >= 15 is 0 Å². The summed E-state index contributed by atoms with van der Waals surface area (Å²) in [7, 11) is 0. The highest BCUT2D eigenvalue weighted by Crippen LogP contribution is 2.47. The van der Waals surface area contributed by atoms with Crippen LogP contribution in [0.4, 0.5) is 11.4 Å². The van der Waals surface area contributed by atoms with Crippen LogP contribution in [0.3, 0.4) is 0 Å². The van der Waals surface area contributed by atoms with Gasteiger partial charge >= 0.3 is 0 Å². The number of benzene rings is 2. The van der Waals surface area contributed by atoms with Crippen LogP contribution in [0.5, 0.6) is 0 Å². The van der Waals surface area contributed by atoms with Crippen molar-refractivity contribution in [2.45, 2.75) is 5.79 Å². The second-order valence-electron chi connectivity index (χ2n) is 4.40. The Balaban J connectivity index is 2.29. The van der Waals surface area contributed by atoms with E-state index in [-0.39, 0.29) is 21.3 Å². The third-order valence-electron chi connectivity index (χ3n) is 3.18. The second kappa shape index (κ2) is 4.46. The molecule has 1 amide bonds. The number of carbonyl (C=O) groups is 1. The summed E-state index contributed by atoms with van der Waals surface area (Å²) in [6.07, 6.45) is 0. The molecule has 0 aromatic heterocycles. The van der Waals surface area contributed by atoms with Crippen LogP contribution in [0.15, 0.2) is 42.5 Å². The van der Waals surface area contributed by atoms with Gasteiger partial charge in [0.15, 0.2) is 0 Å². The first-order valence-electron chi connectivity index (χ1n) is 5.77. The number of fused-ring (bicyclic) bond motifs is 1. The molecule has 3 rings (SSSR count). The van der Waals surface area contributed by atoms with Gasteiger partial charge in [0, 0.05) is 5.56 Å². The summed E-state index contributed by atoms with van der Waals surface area (Å²) in [4.78, 5) is 13.4. The fourth-order valence-corrected chi connectivity index (χ4v) is 2.84. The molecule has 1 aliphatic rings. The number of aliphatic hydroxyl groups is 2. The zero-order valence-corrected chi connectivity index (χ0v) is 11.6.